The van der Waals surface area contributed by atoms with Crippen molar-refractivity contribution in [2.24, 2.45) is 5.73 Å². The summed E-state index contributed by atoms with van der Waals surface area (Å²) in [6.07, 6.45) is 0.349. The molecule has 60 valence electrons. The highest BCUT2D eigenvalue weighted by Gasteiger charge is 2.38. The minimum atomic E-state index is -0.937. The first-order valence-corrected chi connectivity index (χ1v) is 7.25. The third-order valence-corrected chi connectivity index (χ3v) is 5.41. The van der Waals surface area contributed by atoms with E-state index in [-0.39, 0.29) is 0 Å². The molecule has 1 aliphatic rings. The van der Waals surface area contributed by atoms with Crippen LogP contribution in [0.15, 0.2) is 0 Å². The van der Waals surface area contributed by atoms with E-state index < -0.39 is 8.07 Å². The van der Waals surface area contributed by atoms with Crippen LogP contribution in [0.25, 0.3) is 0 Å². The molecule has 10 heavy (non-hydrogen) atoms. The molecule has 0 aliphatic carbocycles. The van der Waals surface area contributed by atoms with Gasteiger partial charge in [-0.2, -0.15) is 0 Å². The number of nitrogens with two attached hydrogens (primary N) is 1. The van der Waals surface area contributed by atoms with E-state index in [0.717, 1.165) is 0 Å². The van der Waals surface area contributed by atoms with Crippen LogP contribution >= 0.6 is 0 Å². The number of hydrogen-bond acceptors (Lipinski definition) is 2. The molecule has 0 saturated carbocycles. The van der Waals surface area contributed by atoms with Crippen LogP contribution in [0.4, 0.5) is 0 Å². The lowest BCUT2D eigenvalue weighted by Gasteiger charge is -2.13. The van der Waals surface area contributed by atoms with Gasteiger partial charge in [-0.15, -0.1) is 0 Å². The Morgan fingerprint density at radius 1 is 1.40 bits per heavy atom. The molecule has 0 radical (unpaired) electrons. The molecule has 1 saturated heterocycles. The molecule has 1 fully saturated rings. The smallest absolute Gasteiger partial charge is 0.0696 e. The van der Waals surface area contributed by atoms with E-state index in [4.69, 9.17) is 10.5 Å². The van der Waals surface area contributed by atoms with E-state index in [1.54, 1.807) is 7.11 Å². The number of rotatable bonds is 1. The van der Waals surface area contributed by atoms with Gasteiger partial charge in [0.25, 0.3) is 0 Å². The molecule has 0 bridgehead atoms. The second-order valence-electron chi connectivity index (χ2n) is 4.01. The van der Waals surface area contributed by atoms with Gasteiger partial charge < -0.3 is 10.5 Å². The highest BCUT2D eigenvalue weighted by molar-refractivity contribution is 6.78. The molecule has 2 nitrogen and oxygen atoms in total. The molecule has 2 N–H and O–H groups in total. The SMILES string of the molecule is CO[C@H]1C[Si](C)(C)C[C@H]1N. The lowest BCUT2D eigenvalue weighted by molar-refractivity contribution is 0.108. The Morgan fingerprint density at radius 2 is 2.00 bits per heavy atom. The van der Waals surface area contributed by atoms with Gasteiger partial charge in [-0.3, -0.25) is 0 Å². The van der Waals surface area contributed by atoms with Crippen LogP contribution in [0.3, 0.4) is 0 Å². The van der Waals surface area contributed by atoms with Gasteiger partial charge in [-0.1, -0.05) is 13.1 Å². The van der Waals surface area contributed by atoms with E-state index in [9.17, 15) is 0 Å². The standard InChI is InChI=1S/C7H17NOSi/c1-9-7-5-10(2,3)4-6(7)8/h6-7H,4-5,8H2,1-3H3/t6-,7+/m1/s1. The third kappa shape index (κ3) is 1.59. The summed E-state index contributed by atoms with van der Waals surface area (Å²) in [5.74, 6) is 0. The number of methoxy groups -OCH3 is 1. The largest absolute Gasteiger partial charge is 0.380 e. The zero-order valence-electron chi connectivity index (χ0n) is 7.05. The van der Waals surface area contributed by atoms with Crippen LogP contribution in [0.1, 0.15) is 0 Å². The summed E-state index contributed by atoms with van der Waals surface area (Å²) >= 11 is 0. The van der Waals surface area contributed by atoms with Crippen molar-refractivity contribution in [1.29, 1.82) is 0 Å². The van der Waals surface area contributed by atoms with Crippen molar-refractivity contribution in [2.75, 3.05) is 7.11 Å². The van der Waals surface area contributed by atoms with Crippen LogP contribution in [-0.4, -0.2) is 27.3 Å². The molecule has 0 aromatic heterocycles. The van der Waals surface area contributed by atoms with E-state index in [0.29, 0.717) is 12.1 Å². The maximum atomic E-state index is 5.87. The van der Waals surface area contributed by atoms with Gasteiger partial charge in [0.2, 0.25) is 0 Å². The molecule has 0 aromatic rings. The predicted molar refractivity (Wildman–Crippen MR) is 45.9 cm³/mol. The summed E-state index contributed by atoms with van der Waals surface area (Å²) in [7, 11) is 0.827. The van der Waals surface area contributed by atoms with Crippen LogP contribution in [0, 0.1) is 0 Å². The van der Waals surface area contributed by atoms with Crippen molar-refractivity contribution in [2.45, 2.75) is 37.3 Å². The zero-order valence-corrected chi connectivity index (χ0v) is 8.05. The highest BCUT2D eigenvalue weighted by atomic mass is 28.3. The van der Waals surface area contributed by atoms with Gasteiger partial charge in [-0.25, -0.2) is 0 Å². The Kier molecular flexibility index (Phi) is 2.17. The molecule has 0 aromatic carbocycles. The van der Waals surface area contributed by atoms with Crippen molar-refractivity contribution in [3.8, 4) is 0 Å². The van der Waals surface area contributed by atoms with Gasteiger partial charge in [0.1, 0.15) is 0 Å². The van der Waals surface area contributed by atoms with Crippen LogP contribution < -0.4 is 5.73 Å². The molecule has 0 unspecified atom stereocenters. The summed E-state index contributed by atoms with van der Waals surface area (Å²) in [4.78, 5) is 0. The second-order valence-corrected chi connectivity index (χ2v) is 9.16. The summed E-state index contributed by atoms with van der Waals surface area (Å²) in [5.41, 5.74) is 5.87. The van der Waals surface area contributed by atoms with Crippen molar-refractivity contribution in [3.63, 3.8) is 0 Å². The summed E-state index contributed by atoms with van der Waals surface area (Å²) in [6.45, 7) is 4.76. The highest BCUT2D eigenvalue weighted by Crippen LogP contribution is 2.30. The molecule has 0 spiro atoms. The maximum absolute atomic E-state index is 5.87. The van der Waals surface area contributed by atoms with E-state index >= 15 is 0 Å². The average molecular weight is 159 g/mol. The average Bonchev–Trinajstić information content (AvgIpc) is 2.05. The minimum absolute atomic E-state index is 0.312. The second kappa shape index (κ2) is 2.64. The first-order chi connectivity index (χ1) is 4.55. The zero-order chi connectivity index (χ0) is 7.78. The number of hydrogen-bond donors (Lipinski definition) is 1. The fourth-order valence-corrected chi connectivity index (χ4v) is 5.07. The van der Waals surface area contributed by atoms with Crippen molar-refractivity contribution in [3.05, 3.63) is 0 Å². The Labute approximate surface area is 63.8 Å². The van der Waals surface area contributed by atoms with E-state index in [1.165, 1.54) is 12.1 Å². The Morgan fingerprint density at radius 3 is 2.20 bits per heavy atom. The molecule has 1 aliphatic heterocycles. The van der Waals surface area contributed by atoms with Crippen molar-refractivity contribution < 1.29 is 4.74 Å². The molecule has 1 heterocycles. The summed E-state index contributed by atoms with van der Waals surface area (Å²) < 4.78 is 5.27. The first kappa shape index (κ1) is 8.24. The Bertz CT molecular complexity index is 127. The normalized spacial score (nSPS) is 38.4. The molecule has 2 atom stereocenters. The van der Waals surface area contributed by atoms with Gasteiger partial charge in [-0.05, 0) is 12.1 Å². The predicted octanol–water partition coefficient (Wildman–Crippen LogP) is 1.05. The quantitative estimate of drug-likeness (QED) is 0.580. The van der Waals surface area contributed by atoms with Gasteiger partial charge in [0.05, 0.1) is 14.2 Å². The summed E-state index contributed by atoms with van der Waals surface area (Å²) in [5, 5.41) is 0. The fraction of sp³-hybridized carbons (Fsp3) is 1.00. The van der Waals surface area contributed by atoms with Crippen LogP contribution in [-0.2, 0) is 4.74 Å². The lowest BCUT2D eigenvalue weighted by atomic mass is 10.2. The van der Waals surface area contributed by atoms with Gasteiger partial charge >= 0.3 is 0 Å². The molecular weight excluding hydrogens is 142 g/mol. The topological polar surface area (TPSA) is 35.2 Å². The van der Waals surface area contributed by atoms with E-state index in [2.05, 4.69) is 13.1 Å². The summed E-state index contributed by atoms with van der Waals surface area (Å²) in [6, 6.07) is 2.78. The van der Waals surface area contributed by atoms with Crippen LogP contribution in [0.5, 0.6) is 0 Å². The monoisotopic (exact) mass is 159 g/mol. The lowest BCUT2D eigenvalue weighted by Crippen LogP contribution is -2.29. The van der Waals surface area contributed by atoms with Crippen molar-refractivity contribution >= 4 is 8.07 Å². The Balaban J connectivity index is 2.52. The van der Waals surface area contributed by atoms with E-state index in [1.807, 2.05) is 0 Å². The molecular formula is C7H17NOSi. The van der Waals surface area contributed by atoms with Gasteiger partial charge in [0.15, 0.2) is 0 Å². The minimum Gasteiger partial charge on any atom is -0.380 e. The van der Waals surface area contributed by atoms with Crippen LogP contribution in [0.2, 0.25) is 25.2 Å². The third-order valence-electron chi connectivity index (χ3n) is 2.32. The molecule has 1 rings (SSSR count). The maximum Gasteiger partial charge on any atom is 0.0696 e. The van der Waals surface area contributed by atoms with Crippen molar-refractivity contribution in [1.82, 2.24) is 0 Å². The number of ether oxygens (including phenoxy) is 1. The van der Waals surface area contributed by atoms with Gasteiger partial charge in [0, 0.05) is 13.2 Å². The Hall–Kier alpha value is 0.137. The fourth-order valence-electron chi connectivity index (χ4n) is 1.81. The molecule has 0 amide bonds. The first-order valence-electron chi connectivity index (χ1n) is 3.83. The molecule has 3 heteroatoms.